The topological polar surface area (TPSA) is 91.4 Å². The Labute approximate surface area is 101 Å². The first-order valence-electron chi connectivity index (χ1n) is 5.10. The summed E-state index contributed by atoms with van der Waals surface area (Å²) >= 11 is 0. The number of rotatable bonds is 3. The van der Waals surface area contributed by atoms with Gasteiger partial charge in [-0.25, -0.2) is 9.48 Å². The number of esters is 1. The highest BCUT2D eigenvalue weighted by Gasteiger charge is 2.17. The zero-order valence-corrected chi connectivity index (χ0v) is 9.53. The van der Waals surface area contributed by atoms with Crippen LogP contribution in [0.3, 0.4) is 0 Å². The van der Waals surface area contributed by atoms with Gasteiger partial charge in [0.2, 0.25) is 5.69 Å². The molecule has 0 saturated carbocycles. The molecule has 0 amide bonds. The molecular weight excluding hydrogens is 238 g/mol. The minimum absolute atomic E-state index is 0.152. The van der Waals surface area contributed by atoms with E-state index in [4.69, 9.17) is 11.2 Å². The number of ether oxygens (including phenoxy) is 1. The van der Waals surface area contributed by atoms with Gasteiger partial charge in [-0.3, -0.25) is 4.79 Å². The van der Waals surface area contributed by atoms with Gasteiger partial charge in [0.25, 0.3) is 5.78 Å². The first kappa shape index (κ1) is 11.8. The van der Waals surface area contributed by atoms with Gasteiger partial charge in [0, 0.05) is 0 Å². The van der Waals surface area contributed by atoms with Crippen molar-refractivity contribution >= 4 is 11.7 Å². The molecule has 0 bridgehead atoms. The monoisotopic (exact) mass is 247 g/mol. The normalized spacial score (nSPS) is 10.2. The van der Waals surface area contributed by atoms with Gasteiger partial charge in [0.15, 0.2) is 0 Å². The van der Waals surface area contributed by atoms with E-state index in [0.29, 0.717) is 0 Å². The summed E-state index contributed by atoms with van der Waals surface area (Å²) < 4.78 is 7.22. The van der Waals surface area contributed by atoms with Crippen molar-refractivity contribution in [2.24, 2.45) is 0 Å². The summed E-state index contributed by atoms with van der Waals surface area (Å²) in [5.41, 5.74) is -1.15. The Balaban J connectivity index is 2.55. The summed E-state index contributed by atoms with van der Waals surface area (Å²) in [4.78, 5) is 26.8. The quantitative estimate of drug-likeness (QED) is 0.515. The maximum atomic E-state index is 11.6. The summed E-state index contributed by atoms with van der Waals surface area (Å²) in [6, 6.07) is 0. The fourth-order valence-corrected chi connectivity index (χ4v) is 1.33. The maximum Gasteiger partial charge on any atom is 0.364 e. The lowest BCUT2D eigenvalue weighted by atomic mass is 10.5. The van der Waals surface area contributed by atoms with Gasteiger partial charge in [-0.05, 0) is 6.92 Å². The van der Waals surface area contributed by atoms with Crippen LogP contribution < -0.4 is 5.56 Å². The molecule has 0 aliphatic heterocycles. The lowest BCUT2D eigenvalue weighted by Gasteiger charge is -2.00. The Morgan fingerprint density at radius 3 is 3.06 bits per heavy atom. The molecule has 18 heavy (non-hydrogen) atoms. The molecule has 0 N–H and O–H groups in total. The molecule has 8 nitrogen and oxygen atoms in total. The van der Waals surface area contributed by atoms with Crippen LogP contribution >= 0.6 is 0 Å². The van der Waals surface area contributed by atoms with Crippen LogP contribution in [-0.2, 0) is 11.3 Å². The Bertz CT molecular complexity index is 694. The highest BCUT2D eigenvalue weighted by atomic mass is 16.5. The molecule has 0 radical (unpaired) electrons. The number of aromatic nitrogens is 5. The van der Waals surface area contributed by atoms with Crippen LogP contribution in [0, 0.1) is 12.3 Å². The van der Waals surface area contributed by atoms with Crippen LogP contribution in [-0.4, -0.2) is 37.0 Å². The summed E-state index contributed by atoms with van der Waals surface area (Å²) in [6.45, 7) is 1.94. The van der Waals surface area contributed by atoms with Crippen LogP contribution in [0.4, 0.5) is 0 Å². The van der Waals surface area contributed by atoms with Crippen LogP contribution in [0.15, 0.2) is 11.1 Å². The smallest absolute Gasteiger partial charge is 0.364 e. The van der Waals surface area contributed by atoms with E-state index in [1.165, 1.54) is 15.5 Å². The molecule has 0 fully saturated rings. The average molecular weight is 247 g/mol. The highest BCUT2D eigenvalue weighted by Crippen LogP contribution is 1.96. The van der Waals surface area contributed by atoms with E-state index in [-0.39, 0.29) is 24.6 Å². The summed E-state index contributed by atoms with van der Waals surface area (Å²) in [5.74, 6) is 1.73. The molecule has 0 aliphatic rings. The molecule has 0 atom stereocenters. The van der Waals surface area contributed by atoms with Gasteiger partial charge < -0.3 is 4.74 Å². The summed E-state index contributed by atoms with van der Waals surface area (Å²) in [7, 11) is 0. The number of fused-ring (bicyclic) bond motifs is 1. The van der Waals surface area contributed by atoms with E-state index in [2.05, 4.69) is 21.1 Å². The third-order valence-electron chi connectivity index (χ3n) is 2.06. The van der Waals surface area contributed by atoms with Crippen molar-refractivity contribution in [2.75, 3.05) is 6.61 Å². The van der Waals surface area contributed by atoms with Gasteiger partial charge in [-0.1, -0.05) is 5.92 Å². The number of carbonyl (C=O) groups is 1. The third kappa shape index (κ3) is 1.93. The van der Waals surface area contributed by atoms with E-state index >= 15 is 0 Å². The molecule has 92 valence electrons. The number of nitrogens with zero attached hydrogens (tertiary/aromatic N) is 5. The van der Waals surface area contributed by atoms with Crippen molar-refractivity contribution < 1.29 is 9.53 Å². The van der Waals surface area contributed by atoms with E-state index in [9.17, 15) is 9.59 Å². The van der Waals surface area contributed by atoms with E-state index < -0.39 is 11.5 Å². The van der Waals surface area contributed by atoms with Gasteiger partial charge in [-0.2, -0.15) is 19.7 Å². The number of terminal acetylenes is 1. The standard InChI is InChI=1S/C10H9N5O3/c1-3-5-14-10-12-8(16)7(9(17)18-4-2)13-15(10)6-11-14/h1,6H,4-5H2,2H3. The maximum absolute atomic E-state index is 11.6. The Kier molecular flexibility index (Phi) is 3.05. The van der Waals surface area contributed by atoms with Crippen molar-refractivity contribution in [1.82, 2.24) is 24.4 Å². The molecule has 0 spiro atoms. The second-order valence-corrected chi connectivity index (χ2v) is 3.22. The molecule has 8 heteroatoms. The van der Waals surface area contributed by atoms with Crippen molar-refractivity contribution in [3.05, 3.63) is 22.4 Å². The molecular formula is C10H9N5O3. The molecule has 0 aliphatic carbocycles. The second-order valence-electron chi connectivity index (χ2n) is 3.22. The second kappa shape index (κ2) is 4.67. The minimum atomic E-state index is -0.811. The molecule has 0 saturated heterocycles. The highest BCUT2D eigenvalue weighted by molar-refractivity contribution is 5.86. The Morgan fingerprint density at radius 1 is 1.61 bits per heavy atom. The zero-order valence-electron chi connectivity index (χ0n) is 9.53. The largest absolute Gasteiger partial charge is 0.461 e. The van der Waals surface area contributed by atoms with Crippen molar-refractivity contribution in [1.29, 1.82) is 0 Å². The van der Waals surface area contributed by atoms with E-state index in [0.717, 1.165) is 0 Å². The first-order chi connectivity index (χ1) is 8.67. The van der Waals surface area contributed by atoms with Gasteiger partial charge in [0.1, 0.15) is 12.9 Å². The van der Waals surface area contributed by atoms with Crippen LogP contribution in [0.2, 0.25) is 0 Å². The third-order valence-corrected chi connectivity index (χ3v) is 2.06. The Morgan fingerprint density at radius 2 is 2.39 bits per heavy atom. The zero-order chi connectivity index (χ0) is 13.1. The molecule has 2 aromatic heterocycles. The predicted octanol–water partition coefficient (Wildman–Crippen LogP) is -0.904. The van der Waals surface area contributed by atoms with E-state index in [1.807, 2.05) is 0 Å². The molecule has 2 heterocycles. The average Bonchev–Trinajstić information content (AvgIpc) is 2.72. The van der Waals surface area contributed by atoms with Gasteiger partial charge >= 0.3 is 11.5 Å². The Hall–Kier alpha value is -2.69. The summed E-state index contributed by atoms with van der Waals surface area (Å²) in [5, 5.41) is 7.71. The number of hydrogen-bond acceptors (Lipinski definition) is 6. The molecule has 0 aromatic carbocycles. The van der Waals surface area contributed by atoms with Crippen LogP contribution in [0.5, 0.6) is 0 Å². The fourth-order valence-electron chi connectivity index (χ4n) is 1.33. The van der Waals surface area contributed by atoms with Crippen molar-refractivity contribution in [3.8, 4) is 12.3 Å². The van der Waals surface area contributed by atoms with Gasteiger partial charge in [0.05, 0.1) is 6.61 Å². The SMILES string of the molecule is C#CCn1ncn2nc(C(=O)OCC)c(=O)nc12. The van der Waals surface area contributed by atoms with Gasteiger partial charge in [-0.15, -0.1) is 6.42 Å². The van der Waals surface area contributed by atoms with Crippen molar-refractivity contribution in [3.63, 3.8) is 0 Å². The van der Waals surface area contributed by atoms with E-state index in [1.54, 1.807) is 6.92 Å². The van der Waals surface area contributed by atoms with Crippen LogP contribution in [0.25, 0.3) is 5.78 Å². The lowest BCUT2D eigenvalue weighted by molar-refractivity contribution is 0.0515. The fraction of sp³-hybridized carbons (Fsp3) is 0.300. The predicted molar refractivity (Wildman–Crippen MR) is 59.8 cm³/mol. The minimum Gasteiger partial charge on any atom is -0.461 e. The molecule has 2 rings (SSSR count). The van der Waals surface area contributed by atoms with Crippen LogP contribution in [0.1, 0.15) is 17.4 Å². The summed E-state index contributed by atoms with van der Waals surface area (Å²) in [6.07, 6.45) is 6.45. The number of hydrogen-bond donors (Lipinski definition) is 0. The molecule has 0 unspecified atom stereocenters. The lowest BCUT2D eigenvalue weighted by Crippen LogP contribution is -2.25. The first-order valence-corrected chi connectivity index (χ1v) is 5.10. The molecule has 2 aromatic rings. The number of carbonyl (C=O) groups excluding carboxylic acids is 1. The van der Waals surface area contributed by atoms with Crippen molar-refractivity contribution in [2.45, 2.75) is 13.5 Å².